The van der Waals surface area contributed by atoms with Crippen molar-refractivity contribution in [3.05, 3.63) is 18.3 Å². The molecule has 2 aliphatic rings. The highest BCUT2D eigenvalue weighted by atomic mass is 15.1. The summed E-state index contributed by atoms with van der Waals surface area (Å²) in [5.74, 6) is 1.02. The number of nitrogens with zero attached hydrogens (tertiary/aromatic N) is 2. The fourth-order valence-corrected chi connectivity index (χ4v) is 4.01. The minimum absolute atomic E-state index is 0.686. The molecule has 0 amide bonds. The number of hydrogen-bond acceptors (Lipinski definition) is 3. The minimum atomic E-state index is 0.686. The smallest absolute Gasteiger partial charge is 0.127 e. The lowest BCUT2D eigenvalue weighted by molar-refractivity contribution is 0.144. The van der Waals surface area contributed by atoms with Crippen molar-refractivity contribution in [2.24, 2.45) is 5.41 Å². The highest BCUT2D eigenvalue weighted by Crippen LogP contribution is 2.45. The normalized spacial score (nSPS) is 21.5. The van der Waals surface area contributed by atoms with Gasteiger partial charge in [-0.25, -0.2) is 4.98 Å². The summed E-state index contributed by atoms with van der Waals surface area (Å²) in [6, 6.07) is 4.38. The van der Waals surface area contributed by atoms with Crippen LogP contribution in [0.1, 0.15) is 58.3 Å². The number of nitrogens with one attached hydrogen (secondary N) is 1. The van der Waals surface area contributed by atoms with Gasteiger partial charge >= 0.3 is 0 Å². The molecule has 0 aromatic carbocycles. The zero-order valence-corrected chi connectivity index (χ0v) is 13.4. The molecule has 1 spiro atoms. The molecular weight excluding hydrogens is 258 g/mol. The summed E-state index contributed by atoms with van der Waals surface area (Å²) in [4.78, 5) is 6.97. The topological polar surface area (TPSA) is 28.2 Å². The molecule has 1 aromatic rings. The van der Waals surface area contributed by atoms with Gasteiger partial charge in [-0.05, 0) is 43.6 Å². The van der Waals surface area contributed by atoms with Gasteiger partial charge in [0.05, 0.1) is 0 Å². The molecule has 0 atom stereocenters. The summed E-state index contributed by atoms with van der Waals surface area (Å²) >= 11 is 0. The van der Waals surface area contributed by atoms with Gasteiger partial charge in [-0.15, -0.1) is 0 Å². The van der Waals surface area contributed by atoms with Crippen LogP contribution >= 0.6 is 0 Å². The van der Waals surface area contributed by atoms with Gasteiger partial charge in [-0.1, -0.05) is 26.2 Å². The minimum Gasteiger partial charge on any atom is -0.371 e. The molecule has 116 valence electrons. The van der Waals surface area contributed by atoms with Crippen LogP contribution in [0.3, 0.4) is 0 Å². The standard InChI is InChI=1S/C18H29N3/c1-2-11-19-17-15-16(6-12-20-17)21-13-9-18(10-14-21)7-4-3-5-8-18/h6,12,15H,2-5,7-11,13-14H2,1H3,(H,19,20). The van der Waals surface area contributed by atoms with Crippen LogP contribution in [0, 0.1) is 5.41 Å². The Hall–Kier alpha value is -1.25. The van der Waals surface area contributed by atoms with E-state index in [4.69, 9.17) is 0 Å². The van der Waals surface area contributed by atoms with E-state index in [2.05, 4.69) is 34.3 Å². The van der Waals surface area contributed by atoms with Crippen molar-refractivity contribution in [3.63, 3.8) is 0 Å². The van der Waals surface area contributed by atoms with Crippen LogP contribution in [0.5, 0.6) is 0 Å². The second-order valence-electron chi connectivity index (χ2n) is 6.87. The third kappa shape index (κ3) is 3.50. The van der Waals surface area contributed by atoms with E-state index >= 15 is 0 Å². The molecule has 3 nitrogen and oxygen atoms in total. The first-order valence-corrected chi connectivity index (χ1v) is 8.76. The highest BCUT2D eigenvalue weighted by Gasteiger charge is 2.35. The Balaban J connectivity index is 1.61. The van der Waals surface area contributed by atoms with Crippen LogP contribution in [-0.2, 0) is 0 Å². The Morgan fingerprint density at radius 1 is 1.14 bits per heavy atom. The summed E-state index contributed by atoms with van der Waals surface area (Å²) in [7, 11) is 0. The largest absolute Gasteiger partial charge is 0.371 e. The molecular formula is C18H29N3. The molecule has 0 bridgehead atoms. The van der Waals surface area contributed by atoms with Crippen molar-refractivity contribution in [2.45, 2.75) is 58.3 Å². The van der Waals surface area contributed by atoms with Crippen LogP contribution < -0.4 is 10.2 Å². The van der Waals surface area contributed by atoms with E-state index in [0.29, 0.717) is 5.41 Å². The second kappa shape index (κ2) is 6.67. The third-order valence-electron chi connectivity index (χ3n) is 5.40. The molecule has 3 rings (SSSR count). The maximum absolute atomic E-state index is 4.42. The van der Waals surface area contributed by atoms with Gasteiger partial charge in [0.15, 0.2) is 0 Å². The third-order valence-corrected chi connectivity index (χ3v) is 5.40. The van der Waals surface area contributed by atoms with Crippen molar-refractivity contribution in [2.75, 3.05) is 29.9 Å². The van der Waals surface area contributed by atoms with Gasteiger partial charge in [-0.2, -0.15) is 0 Å². The molecule has 1 saturated carbocycles. The molecule has 1 saturated heterocycles. The molecule has 2 heterocycles. The quantitative estimate of drug-likeness (QED) is 0.886. The first-order valence-electron chi connectivity index (χ1n) is 8.76. The molecule has 1 aliphatic heterocycles. The summed E-state index contributed by atoms with van der Waals surface area (Å²) in [6.45, 7) is 5.62. The lowest BCUT2D eigenvalue weighted by atomic mass is 9.68. The maximum atomic E-state index is 4.42. The fraction of sp³-hybridized carbons (Fsp3) is 0.722. The van der Waals surface area contributed by atoms with E-state index in [0.717, 1.165) is 18.8 Å². The van der Waals surface area contributed by atoms with Gasteiger partial charge in [0, 0.05) is 37.6 Å². The van der Waals surface area contributed by atoms with Crippen LogP contribution in [0.15, 0.2) is 18.3 Å². The van der Waals surface area contributed by atoms with E-state index < -0.39 is 0 Å². The van der Waals surface area contributed by atoms with Crippen molar-refractivity contribution in [1.29, 1.82) is 0 Å². The molecule has 0 radical (unpaired) electrons. The Bertz CT molecular complexity index is 442. The SMILES string of the molecule is CCCNc1cc(N2CCC3(CCCCC3)CC2)ccn1. The van der Waals surface area contributed by atoms with Crippen molar-refractivity contribution in [1.82, 2.24) is 4.98 Å². The molecule has 1 aliphatic carbocycles. The first kappa shape index (κ1) is 14.7. The first-order chi connectivity index (χ1) is 10.3. The summed E-state index contributed by atoms with van der Waals surface area (Å²) in [5.41, 5.74) is 2.03. The van der Waals surface area contributed by atoms with Crippen LogP contribution in [0.2, 0.25) is 0 Å². The summed E-state index contributed by atoms with van der Waals surface area (Å²) in [5, 5.41) is 3.39. The lowest BCUT2D eigenvalue weighted by Crippen LogP contribution is -2.41. The number of aromatic nitrogens is 1. The van der Waals surface area contributed by atoms with Crippen LogP contribution in [0.4, 0.5) is 11.5 Å². The highest BCUT2D eigenvalue weighted by molar-refractivity contribution is 5.54. The monoisotopic (exact) mass is 287 g/mol. The van der Waals surface area contributed by atoms with E-state index in [1.54, 1.807) is 0 Å². The van der Waals surface area contributed by atoms with Crippen LogP contribution in [-0.4, -0.2) is 24.6 Å². The Morgan fingerprint density at radius 2 is 1.90 bits per heavy atom. The number of pyridine rings is 1. The summed E-state index contributed by atoms with van der Waals surface area (Å²) in [6.07, 6.45) is 13.2. The van der Waals surface area contributed by atoms with Crippen molar-refractivity contribution >= 4 is 11.5 Å². The van der Waals surface area contributed by atoms with Gasteiger partial charge in [0.1, 0.15) is 5.82 Å². The predicted octanol–water partition coefficient (Wildman–Crippen LogP) is 4.45. The molecule has 1 aromatic heterocycles. The van der Waals surface area contributed by atoms with Gasteiger partial charge in [0.2, 0.25) is 0 Å². The fourth-order valence-electron chi connectivity index (χ4n) is 4.01. The van der Waals surface area contributed by atoms with Crippen LogP contribution in [0.25, 0.3) is 0 Å². The number of rotatable bonds is 4. The van der Waals surface area contributed by atoms with E-state index in [9.17, 15) is 0 Å². The molecule has 2 fully saturated rings. The molecule has 21 heavy (non-hydrogen) atoms. The van der Waals surface area contributed by atoms with Gasteiger partial charge in [0.25, 0.3) is 0 Å². The molecule has 3 heteroatoms. The Kier molecular flexibility index (Phi) is 4.67. The van der Waals surface area contributed by atoms with Crippen molar-refractivity contribution < 1.29 is 0 Å². The number of hydrogen-bond donors (Lipinski definition) is 1. The number of anilines is 2. The molecule has 0 unspecified atom stereocenters. The summed E-state index contributed by atoms with van der Waals surface area (Å²) < 4.78 is 0. The zero-order chi connectivity index (χ0) is 14.5. The van der Waals surface area contributed by atoms with E-state index in [-0.39, 0.29) is 0 Å². The average molecular weight is 287 g/mol. The number of piperidine rings is 1. The second-order valence-corrected chi connectivity index (χ2v) is 6.87. The Morgan fingerprint density at radius 3 is 2.62 bits per heavy atom. The molecule has 1 N–H and O–H groups in total. The zero-order valence-electron chi connectivity index (χ0n) is 13.4. The lowest BCUT2D eigenvalue weighted by Gasteiger charge is -2.45. The maximum Gasteiger partial charge on any atom is 0.127 e. The average Bonchev–Trinajstić information content (AvgIpc) is 2.55. The van der Waals surface area contributed by atoms with Gasteiger partial charge < -0.3 is 10.2 Å². The predicted molar refractivity (Wildman–Crippen MR) is 90.0 cm³/mol. The van der Waals surface area contributed by atoms with Gasteiger partial charge in [-0.3, -0.25) is 0 Å². The van der Waals surface area contributed by atoms with E-state index in [1.807, 2.05) is 6.20 Å². The van der Waals surface area contributed by atoms with E-state index in [1.165, 1.54) is 63.7 Å². The Labute approximate surface area is 129 Å². The van der Waals surface area contributed by atoms with Crippen molar-refractivity contribution in [3.8, 4) is 0 Å².